The summed E-state index contributed by atoms with van der Waals surface area (Å²) in [4.78, 5) is 24.1. The van der Waals surface area contributed by atoms with Crippen molar-refractivity contribution in [3.05, 3.63) is 0 Å². The molecule has 76 valence electrons. The number of amides is 1. The molecule has 13 heavy (non-hydrogen) atoms. The molecule has 0 aromatic heterocycles. The van der Waals surface area contributed by atoms with Crippen molar-refractivity contribution >= 4 is 11.7 Å². The van der Waals surface area contributed by atoms with Crippen LogP contribution in [0.2, 0.25) is 0 Å². The van der Waals surface area contributed by atoms with Gasteiger partial charge in [-0.05, 0) is 13.8 Å². The molecule has 0 aliphatic rings. The molecule has 0 aromatic rings. The highest BCUT2D eigenvalue weighted by atomic mass is 16.2. The van der Waals surface area contributed by atoms with Crippen LogP contribution in [-0.4, -0.2) is 29.7 Å². The van der Waals surface area contributed by atoms with E-state index < -0.39 is 0 Å². The minimum absolute atomic E-state index is 0.0896. The second-order valence-electron chi connectivity index (χ2n) is 2.96. The highest BCUT2D eigenvalue weighted by molar-refractivity contribution is 5.84. The third-order valence-electron chi connectivity index (χ3n) is 2.13. The fraction of sp³-hybridized carbons (Fsp3) is 0.800. The van der Waals surface area contributed by atoms with Crippen LogP contribution >= 0.6 is 0 Å². The van der Waals surface area contributed by atoms with Crippen LogP contribution in [0.15, 0.2) is 0 Å². The Bertz CT molecular complexity index is 174. The van der Waals surface area contributed by atoms with Gasteiger partial charge in [-0.3, -0.25) is 9.59 Å². The summed E-state index contributed by atoms with van der Waals surface area (Å²) in [5.41, 5.74) is 0. The number of hydrogen-bond acceptors (Lipinski definition) is 2. The Kier molecular flexibility index (Phi) is 6.20. The minimum Gasteiger partial charge on any atom is -0.343 e. The second-order valence-corrected chi connectivity index (χ2v) is 2.96. The number of carbonyl (C=O) groups excluding carboxylic acids is 2. The van der Waals surface area contributed by atoms with Crippen molar-refractivity contribution in [1.29, 1.82) is 0 Å². The van der Waals surface area contributed by atoms with E-state index in [0.717, 1.165) is 13.1 Å². The number of hydrogen-bond donors (Lipinski definition) is 0. The van der Waals surface area contributed by atoms with E-state index in [-0.39, 0.29) is 11.7 Å². The summed E-state index contributed by atoms with van der Waals surface area (Å²) in [6.45, 7) is 7.18. The maximum atomic E-state index is 11.4. The van der Waals surface area contributed by atoms with Crippen LogP contribution in [0.1, 0.15) is 40.0 Å². The van der Waals surface area contributed by atoms with Gasteiger partial charge in [0.2, 0.25) is 5.91 Å². The molecule has 0 aliphatic heterocycles. The lowest BCUT2D eigenvalue weighted by Gasteiger charge is -2.17. The molecule has 3 nitrogen and oxygen atoms in total. The maximum absolute atomic E-state index is 11.4. The first-order chi connectivity index (χ1) is 6.15. The Morgan fingerprint density at radius 2 is 1.54 bits per heavy atom. The first kappa shape index (κ1) is 12.1. The predicted molar refractivity (Wildman–Crippen MR) is 52.5 cm³/mol. The van der Waals surface area contributed by atoms with E-state index in [1.807, 2.05) is 20.8 Å². The van der Waals surface area contributed by atoms with Crippen molar-refractivity contribution in [2.45, 2.75) is 40.0 Å². The average Bonchev–Trinajstić information content (AvgIpc) is 2.16. The molecule has 0 saturated carbocycles. The van der Waals surface area contributed by atoms with Crippen molar-refractivity contribution < 1.29 is 9.59 Å². The van der Waals surface area contributed by atoms with Gasteiger partial charge in [0.1, 0.15) is 5.78 Å². The first-order valence-corrected chi connectivity index (χ1v) is 4.95. The zero-order valence-electron chi connectivity index (χ0n) is 8.80. The Balaban J connectivity index is 3.79. The Labute approximate surface area is 80.1 Å². The fourth-order valence-electron chi connectivity index (χ4n) is 1.16. The van der Waals surface area contributed by atoms with Crippen molar-refractivity contribution in [3.8, 4) is 0 Å². The summed E-state index contributed by atoms with van der Waals surface area (Å²) in [7, 11) is 0. The van der Waals surface area contributed by atoms with E-state index in [1.54, 1.807) is 4.90 Å². The van der Waals surface area contributed by atoms with E-state index in [9.17, 15) is 9.59 Å². The summed E-state index contributed by atoms with van der Waals surface area (Å²) in [5, 5.41) is 0. The highest BCUT2D eigenvalue weighted by Gasteiger charge is 2.10. The van der Waals surface area contributed by atoms with Gasteiger partial charge in [0.15, 0.2) is 0 Å². The summed E-state index contributed by atoms with van der Waals surface area (Å²) in [6.07, 6.45) is 1.30. The fourth-order valence-corrected chi connectivity index (χ4v) is 1.16. The molecule has 0 bridgehead atoms. The van der Waals surface area contributed by atoms with Gasteiger partial charge in [-0.25, -0.2) is 0 Å². The lowest BCUT2D eigenvalue weighted by atomic mass is 10.1. The van der Waals surface area contributed by atoms with Crippen molar-refractivity contribution in [1.82, 2.24) is 4.90 Å². The van der Waals surface area contributed by atoms with E-state index in [2.05, 4.69) is 0 Å². The molecule has 0 heterocycles. The van der Waals surface area contributed by atoms with Gasteiger partial charge in [0.25, 0.3) is 0 Å². The molecule has 3 heteroatoms. The SMILES string of the molecule is CCC(=O)CCC(=O)N(CC)CC. The average molecular weight is 185 g/mol. The van der Waals surface area contributed by atoms with E-state index in [1.165, 1.54) is 0 Å². The number of carbonyl (C=O) groups is 2. The van der Waals surface area contributed by atoms with Crippen molar-refractivity contribution in [2.24, 2.45) is 0 Å². The molecule has 0 rings (SSSR count). The molecule has 0 aromatic carbocycles. The van der Waals surface area contributed by atoms with Gasteiger partial charge in [-0.15, -0.1) is 0 Å². The highest BCUT2D eigenvalue weighted by Crippen LogP contribution is 2.00. The topological polar surface area (TPSA) is 37.4 Å². The van der Waals surface area contributed by atoms with Gasteiger partial charge in [-0.2, -0.15) is 0 Å². The lowest BCUT2D eigenvalue weighted by molar-refractivity contribution is -0.132. The van der Waals surface area contributed by atoms with Crippen LogP contribution in [0.25, 0.3) is 0 Å². The van der Waals surface area contributed by atoms with Crippen LogP contribution in [-0.2, 0) is 9.59 Å². The summed E-state index contributed by atoms with van der Waals surface area (Å²) < 4.78 is 0. The van der Waals surface area contributed by atoms with Crippen molar-refractivity contribution in [3.63, 3.8) is 0 Å². The molecule has 0 spiro atoms. The summed E-state index contributed by atoms with van der Waals surface area (Å²) >= 11 is 0. The van der Waals surface area contributed by atoms with Crippen LogP contribution < -0.4 is 0 Å². The van der Waals surface area contributed by atoms with Crippen LogP contribution in [0.4, 0.5) is 0 Å². The molecule has 0 radical (unpaired) electrons. The number of Topliss-reactive ketones (excluding diaryl/α,β-unsaturated/α-hetero) is 1. The minimum atomic E-state index is 0.0896. The quantitative estimate of drug-likeness (QED) is 0.630. The molecule has 0 fully saturated rings. The van der Waals surface area contributed by atoms with Crippen LogP contribution in [0, 0.1) is 0 Å². The van der Waals surface area contributed by atoms with E-state index in [4.69, 9.17) is 0 Å². The number of nitrogens with zero attached hydrogens (tertiary/aromatic N) is 1. The molecule has 0 unspecified atom stereocenters. The smallest absolute Gasteiger partial charge is 0.222 e. The predicted octanol–water partition coefficient (Wildman–Crippen LogP) is 1.61. The molecule has 1 amide bonds. The molecule has 0 atom stereocenters. The van der Waals surface area contributed by atoms with Crippen molar-refractivity contribution in [2.75, 3.05) is 13.1 Å². The molecular formula is C10H19NO2. The largest absolute Gasteiger partial charge is 0.343 e. The zero-order valence-corrected chi connectivity index (χ0v) is 8.80. The second kappa shape index (κ2) is 6.63. The van der Waals surface area contributed by atoms with E-state index in [0.29, 0.717) is 19.3 Å². The van der Waals surface area contributed by atoms with Gasteiger partial charge in [0, 0.05) is 32.4 Å². The Morgan fingerprint density at radius 3 is 1.92 bits per heavy atom. The number of rotatable bonds is 6. The normalized spacial score (nSPS) is 9.77. The lowest BCUT2D eigenvalue weighted by Crippen LogP contribution is -2.30. The zero-order chi connectivity index (χ0) is 10.3. The standard InChI is InChI=1S/C10H19NO2/c1-4-9(12)7-8-10(13)11(5-2)6-3/h4-8H2,1-3H3. The maximum Gasteiger partial charge on any atom is 0.222 e. The third-order valence-corrected chi connectivity index (χ3v) is 2.13. The monoisotopic (exact) mass is 185 g/mol. The molecule has 0 aliphatic carbocycles. The number of ketones is 1. The molecular weight excluding hydrogens is 166 g/mol. The van der Waals surface area contributed by atoms with Gasteiger partial charge >= 0.3 is 0 Å². The van der Waals surface area contributed by atoms with Crippen LogP contribution in [0.3, 0.4) is 0 Å². The molecule has 0 N–H and O–H groups in total. The van der Waals surface area contributed by atoms with Gasteiger partial charge < -0.3 is 4.90 Å². The third kappa shape index (κ3) is 4.65. The summed E-state index contributed by atoms with van der Waals surface area (Å²) in [6, 6.07) is 0. The van der Waals surface area contributed by atoms with Crippen LogP contribution in [0.5, 0.6) is 0 Å². The van der Waals surface area contributed by atoms with Gasteiger partial charge in [0.05, 0.1) is 0 Å². The van der Waals surface area contributed by atoms with E-state index >= 15 is 0 Å². The van der Waals surface area contributed by atoms with Gasteiger partial charge in [-0.1, -0.05) is 6.92 Å². The Hall–Kier alpha value is -0.860. The first-order valence-electron chi connectivity index (χ1n) is 4.95. The summed E-state index contributed by atoms with van der Waals surface area (Å²) in [5.74, 6) is 0.257. The molecule has 0 saturated heterocycles. The Morgan fingerprint density at radius 1 is 1.00 bits per heavy atom.